The number of rotatable bonds is 9. The van der Waals surface area contributed by atoms with Crippen molar-refractivity contribution in [1.82, 2.24) is 5.32 Å². The predicted octanol–water partition coefficient (Wildman–Crippen LogP) is 3.91. The number of esters is 1. The van der Waals surface area contributed by atoms with Crippen molar-refractivity contribution in [3.8, 4) is 0 Å². The van der Waals surface area contributed by atoms with Crippen molar-refractivity contribution in [1.29, 1.82) is 0 Å². The van der Waals surface area contributed by atoms with Crippen LogP contribution in [0.3, 0.4) is 0 Å². The Kier molecular flexibility index (Phi) is 8.85. The molecule has 0 aromatic heterocycles. The normalized spacial score (nSPS) is 11.0. The molecule has 5 nitrogen and oxygen atoms in total. The molecule has 1 amide bonds. The molecule has 2 aromatic carbocycles. The zero-order valence-electron chi connectivity index (χ0n) is 15.5. The zero-order valence-corrected chi connectivity index (χ0v) is 17.0. The number of alkyl halides is 2. The van der Waals surface area contributed by atoms with E-state index in [-0.39, 0.29) is 11.6 Å². The molecule has 148 valence electrons. The number of amides is 1. The van der Waals surface area contributed by atoms with Crippen LogP contribution in [0.4, 0.5) is 5.69 Å². The summed E-state index contributed by atoms with van der Waals surface area (Å²) in [5.74, 6) is -0.0175. The van der Waals surface area contributed by atoms with Crippen LogP contribution >= 0.6 is 23.2 Å². The number of hydrogen-bond donors (Lipinski definition) is 1. The van der Waals surface area contributed by atoms with Gasteiger partial charge in [0.15, 0.2) is 0 Å². The maximum Gasteiger partial charge on any atom is 0.354 e. The van der Waals surface area contributed by atoms with Gasteiger partial charge in [0.1, 0.15) is 5.70 Å². The van der Waals surface area contributed by atoms with Crippen LogP contribution in [-0.2, 0) is 9.53 Å². The number of benzene rings is 2. The minimum Gasteiger partial charge on any atom is -0.464 e. The van der Waals surface area contributed by atoms with Crippen LogP contribution in [0.1, 0.15) is 15.9 Å². The molecule has 0 saturated carbocycles. The number of nitrogens with zero attached hydrogens (tertiary/aromatic N) is 1. The fraction of sp³-hybridized carbons (Fsp3) is 0.238. The summed E-state index contributed by atoms with van der Waals surface area (Å²) in [6.07, 6.45) is 1.57. The summed E-state index contributed by atoms with van der Waals surface area (Å²) >= 11 is 11.7. The maximum atomic E-state index is 12.4. The van der Waals surface area contributed by atoms with Crippen LogP contribution < -0.4 is 10.2 Å². The summed E-state index contributed by atoms with van der Waals surface area (Å²) in [5.41, 5.74) is 2.23. The van der Waals surface area contributed by atoms with Gasteiger partial charge in [-0.05, 0) is 35.9 Å². The number of nitrogens with one attached hydrogen (secondary N) is 1. The van der Waals surface area contributed by atoms with Gasteiger partial charge < -0.3 is 15.0 Å². The average molecular weight is 421 g/mol. The highest BCUT2D eigenvalue weighted by Gasteiger charge is 2.15. The molecular weight excluding hydrogens is 399 g/mol. The Bertz CT molecular complexity index is 802. The molecule has 28 heavy (non-hydrogen) atoms. The fourth-order valence-electron chi connectivity index (χ4n) is 2.56. The van der Waals surface area contributed by atoms with Gasteiger partial charge >= 0.3 is 5.97 Å². The molecule has 0 spiro atoms. The molecule has 7 heteroatoms. The number of carbonyl (C=O) groups is 2. The second-order valence-corrected chi connectivity index (χ2v) is 6.58. The van der Waals surface area contributed by atoms with Gasteiger partial charge in [0.05, 0.1) is 7.11 Å². The molecule has 0 heterocycles. The van der Waals surface area contributed by atoms with E-state index in [0.29, 0.717) is 30.4 Å². The van der Waals surface area contributed by atoms with Gasteiger partial charge in [0.25, 0.3) is 5.91 Å². The molecule has 0 fully saturated rings. The molecular formula is C21H22Cl2N2O3. The van der Waals surface area contributed by atoms with E-state index >= 15 is 0 Å². The Hall–Kier alpha value is -2.50. The van der Waals surface area contributed by atoms with E-state index in [2.05, 4.69) is 10.2 Å². The number of ether oxygens (including phenoxy) is 1. The molecule has 0 atom stereocenters. The molecule has 1 N–H and O–H groups in total. The van der Waals surface area contributed by atoms with Gasteiger partial charge in [-0.2, -0.15) is 0 Å². The van der Waals surface area contributed by atoms with Gasteiger partial charge in [-0.1, -0.05) is 30.3 Å². The van der Waals surface area contributed by atoms with Crippen LogP contribution in [0.5, 0.6) is 0 Å². The monoisotopic (exact) mass is 420 g/mol. The highest BCUT2D eigenvalue weighted by atomic mass is 35.5. The highest BCUT2D eigenvalue weighted by molar-refractivity contribution is 6.18. The largest absolute Gasteiger partial charge is 0.464 e. The zero-order chi connectivity index (χ0) is 20.4. The second kappa shape index (κ2) is 11.4. The van der Waals surface area contributed by atoms with Crippen molar-refractivity contribution in [2.75, 3.05) is 36.9 Å². The van der Waals surface area contributed by atoms with Crippen LogP contribution in [0.25, 0.3) is 6.08 Å². The molecule has 0 aliphatic carbocycles. The van der Waals surface area contributed by atoms with Gasteiger partial charge in [0, 0.05) is 36.1 Å². The molecule has 0 bridgehead atoms. The van der Waals surface area contributed by atoms with E-state index < -0.39 is 5.97 Å². The van der Waals surface area contributed by atoms with Gasteiger partial charge in [-0.25, -0.2) is 4.79 Å². The van der Waals surface area contributed by atoms with E-state index in [0.717, 1.165) is 11.3 Å². The quantitative estimate of drug-likeness (QED) is 0.379. The SMILES string of the molecule is COC(=O)C(=Cc1ccc(N(CCCl)CCCl)cc1)NC(=O)c1ccccc1. The third kappa shape index (κ3) is 6.29. The highest BCUT2D eigenvalue weighted by Crippen LogP contribution is 2.17. The van der Waals surface area contributed by atoms with E-state index in [1.165, 1.54) is 7.11 Å². The van der Waals surface area contributed by atoms with Crippen molar-refractivity contribution in [3.05, 3.63) is 71.4 Å². The van der Waals surface area contributed by atoms with Gasteiger partial charge in [-0.3, -0.25) is 4.79 Å². The number of halogens is 2. The molecule has 0 radical (unpaired) electrons. The molecule has 2 aromatic rings. The van der Waals surface area contributed by atoms with Gasteiger partial charge in [-0.15, -0.1) is 23.2 Å². The Morgan fingerprint density at radius 1 is 1.00 bits per heavy atom. The van der Waals surface area contributed by atoms with Crippen molar-refractivity contribution in [3.63, 3.8) is 0 Å². The maximum absolute atomic E-state index is 12.4. The van der Waals surface area contributed by atoms with E-state index in [9.17, 15) is 9.59 Å². The molecule has 0 unspecified atom stereocenters. The van der Waals surface area contributed by atoms with E-state index in [4.69, 9.17) is 27.9 Å². The Balaban J connectivity index is 2.21. The van der Waals surface area contributed by atoms with Crippen LogP contribution in [-0.4, -0.2) is 43.8 Å². The first-order chi connectivity index (χ1) is 13.6. The summed E-state index contributed by atoms with van der Waals surface area (Å²) in [7, 11) is 1.27. The Morgan fingerprint density at radius 3 is 2.14 bits per heavy atom. The lowest BCUT2D eigenvalue weighted by Crippen LogP contribution is -2.28. The minimum absolute atomic E-state index is 0.0578. The fourth-order valence-corrected chi connectivity index (χ4v) is 2.97. The molecule has 2 rings (SSSR count). The first kappa shape index (κ1) is 21.8. The summed E-state index contributed by atoms with van der Waals surface area (Å²) in [5, 5.41) is 2.61. The number of methoxy groups -OCH3 is 1. The Morgan fingerprint density at radius 2 is 1.61 bits per heavy atom. The first-order valence-corrected chi connectivity index (χ1v) is 9.79. The summed E-state index contributed by atoms with van der Waals surface area (Å²) in [4.78, 5) is 26.5. The number of carbonyl (C=O) groups excluding carboxylic acids is 2. The lowest BCUT2D eigenvalue weighted by molar-refractivity contribution is -0.136. The standard InChI is InChI=1S/C21H22Cl2N2O3/c1-28-21(27)19(24-20(26)17-5-3-2-4-6-17)15-16-7-9-18(10-8-16)25(13-11-22)14-12-23/h2-10,15H,11-14H2,1H3,(H,24,26). The van der Waals surface area contributed by atoms with Crippen LogP contribution in [0, 0.1) is 0 Å². The third-order valence-corrected chi connectivity index (χ3v) is 4.31. The summed E-state index contributed by atoms with van der Waals surface area (Å²) in [6.45, 7) is 1.37. The predicted molar refractivity (Wildman–Crippen MR) is 114 cm³/mol. The molecule has 0 saturated heterocycles. The number of hydrogen-bond acceptors (Lipinski definition) is 4. The van der Waals surface area contributed by atoms with Crippen LogP contribution in [0.15, 0.2) is 60.3 Å². The number of anilines is 1. The van der Waals surface area contributed by atoms with Crippen molar-refractivity contribution in [2.24, 2.45) is 0 Å². The van der Waals surface area contributed by atoms with Crippen LogP contribution in [0.2, 0.25) is 0 Å². The average Bonchev–Trinajstić information content (AvgIpc) is 2.73. The minimum atomic E-state index is -0.626. The first-order valence-electron chi connectivity index (χ1n) is 8.72. The van der Waals surface area contributed by atoms with E-state index in [1.54, 1.807) is 30.3 Å². The second-order valence-electron chi connectivity index (χ2n) is 5.83. The third-order valence-electron chi connectivity index (χ3n) is 3.97. The Labute approximate surface area is 174 Å². The smallest absolute Gasteiger partial charge is 0.354 e. The lowest BCUT2D eigenvalue weighted by atomic mass is 10.1. The lowest BCUT2D eigenvalue weighted by Gasteiger charge is -2.22. The van der Waals surface area contributed by atoms with Gasteiger partial charge in [0.2, 0.25) is 0 Å². The van der Waals surface area contributed by atoms with Crippen molar-refractivity contribution in [2.45, 2.75) is 0 Å². The van der Waals surface area contributed by atoms with Crippen molar-refractivity contribution < 1.29 is 14.3 Å². The molecule has 0 aliphatic rings. The summed E-state index contributed by atoms with van der Waals surface area (Å²) in [6, 6.07) is 16.2. The summed E-state index contributed by atoms with van der Waals surface area (Å²) < 4.78 is 4.79. The molecule has 0 aliphatic heterocycles. The van der Waals surface area contributed by atoms with E-state index in [1.807, 2.05) is 30.3 Å². The topological polar surface area (TPSA) is 58.6 Å². The van der Waals surface area contributed by atoms with Crippen molar-refractivity contribution >= 4 is 46.8 Å².